The number of nitrogens with zero attached hydrogens (tertiary/aromatic N) is 1. The largest absolute Gasteiger partial charge is 0.466 e. The van der Waals surface area contributed by atoms with Crippen LogP contribution in [-0.2, 0) is 42.9 Å². The quantitative estimate of drug-likeness (QED) is 0.0349. The molecule has 0 bridgehead atoms. The second kappa shape index (κ2) is 28.4. The van der Waals surface area contributed by atoms with Gasteiger partial charge in [0.25, 0.3) is 6.47 Å². The predicted octanol–water partition coefficient (Wildman–Crippen LogP) is 7.31. The summed E-state index contributed by atoms with van der Waals surface area (Å²) < 4.78 is 26.3. The smallest absolute Gasteiger partial charge is 0.410 e. The Labute approximate surface area is 277 Å². The molecule has 0 N–H and O–H groups in total. The molecule has 0 saturated heterocycles. The molecule has 0 heterocycles. The van der Waals surface area contributed by atoms with Crippen molar-refractivity contribution in [3.8, 4) is 0 Å². The maximum Gasteiger partial charge on any atom is 0.410 e. The van der Waals surface area contributed by atoms with Crippen LogP contribution in [0.4, 0.5) is 4.79 Å². The van der Waals surface area contributed by atoms with Crippen molar-refractivity contribution in [3.05, 3.63) is 0 Å². The highest BCUT2D eigenvalue weighted by Gasteiger charge is 2.24. The maximum atomic E-state index is 12.7. The highest BCUT2D eigenvalue weighted by Crippen LogP contribution is 2.14. The Bertz CT molecular complexity index is 793. The van der Waals surface area contributed by atoms with E-state index < -0.39 is 23.6 Å². The van der Waals surface area contributed by atoms with Gasteiger partial charge < -0.3 is 28.6 Å². The minimum atomic E-state index is -0.733. The minimum absolute atomic E-state index is 0.0222. The lowest BCUT2D eigenvalue weighted by atomic mass is 10.1. The van der Waals surface area contributed by atoms with Gasteiger partial charge in [0.1, 0.15) is 18.8 Å². The lowest BCUT2D eigenvalue weighted by Crippen LogP contribution is -2.40. The van der Waals surface area contributed by atoms with E-state index in [0.717, 1.165) is 38.5 Å². The van der Waals surface area contributed by atoms with Gasteiger partial charge in [-0.3, -0.25) is 19.2 Å². The summed E-state index contributed by atoms with van der Waals surface area (Å²) in [5, 5.41) is 0. The first-order valence-electron chi connectivity index (χ1n) is 17.5. The molecule has 0 radical (unpaired) electrons. The topological polar surface area (TPSA) is 135 Å². The van der Waals surface area contributed by atoms with Crippen molar-refractivity contribution in [2.24, 2.45) is 5.92 Å². The zero-order valence-electron chi connectivity index (χ0n) is 29.4. The van der Waals surface area contributed by atoms with Gasteiger partial charge in [-0.2, -0.15) is 0 Å². The molecule has 1 amide bonds. The van der Waals surface area contributed by atoms with Crippen molar-refractivity contribution in [2.75, 3.05) is 39.5 Å². The fourth-order valence-corrected chi connectivity index (χ4v) is 4.58. The number of rotatable bonds is 29. The molecule has 0 aliphatic heterocycles. The van der Waals surface area contributed by atoms with Crippen LogP contribution in [0.15, 0.2) is 0 Å². The molecule has 268 valence electrons. The average Bonchev–Trinajstić information content (AvgIpc) is 2.99. The van der Waals surface area contributed by atoms with Gasteiger partial charge >= 0.3 is 24.0 Å². The van der Waals surface area contributed by atoms with Gasteiger partial charge in [0, 0.05) is 18.8 Å². The van der Waals surface area contributed by atoms with Crippen LogP contribution in [-0.4, -0.2) is 80.5 Å². The van der Waals surface area contributed by atoms with Gasteiger partial charge in [0.15, 0.2) is 0 Å². The molecule has 0 saturated carbocycles. The van der Waals surface area contributed by atoms with Gasteiger partial charge in [0.2, 0.25) is 0 Å². The van der Waals surface area contributed by atoms with Crippen molar-refractivity contribution >= 4 is 30.5 Å². The van der Waals surface area contributed by atoms with Crippen molar-refractivity contribution in [1.29, 1.82) is 0 Å². The molecule has 0 aromatic rings. The van der Waals surface area contributed by atoms with Crippen LogP contribution in [0, 0.1) is 5.92 Å². The molecule has 0 unspecified atom stereocenters. The summed E-state index contributed by atoms with van der Waals surface area (Å²) in [6.07, 6.45) is 15.1. The molecular formula is C35H63NO10. The van der Waals surface area contributed by atoms with Crippen LogP contribution >= 0.6 is 0 Å². The third-order valence-electron chi connectivity index (χ3n) is 7.21. The lowest BCUT2D eigenvalue weighted by Gasteiger charge is -2.27. The van der Waals surface area contributed by atoms with E-state index in [-0.39, 0.29) is 64.3 Å². The van der Waals surface area contributed by atoms with Crippen LogP contribution in [0.3, 0.4) is 0 Å². The second-order valence-corrected chi connectivity index (χ2v) is 12.8. The first kappa shape index (κ1) is 43.1. The van der Waals surface area contributed by atoms with Crippen LogP contribution in [0.2, 0.25) is 0 Å². The summed E-state index contributed by atoms with van der Waals surface area (Å²) in [6.45, 7) is 9.63. The lowest BCUT2D eigenvalue weighted by molar-refractivity contribution is -0.154. The Morgan fingerprint density at radius 1 is 0.630 bits per heavy atom. The first-order chi connectivity index (χ1) is 22.0. The normalized spacial score (nSPS) is 11.2. The molecule has 0 aliphatic rings. The van der Waals surface area contributed by atoms with E-state index in [2.05, 4.69) is 13.8 Å². The fraction of sp³-hybridized carbons (Fsp3) is 0.857. The summed E-state index contributed by atoms with van der Waals surface area (Å²) in [5.41, 5.74) is -0.733. The summed E-state index contributed by atoms with van der Waals surface area (Å²) >= 11 is 0. The summed E-state index contributed by atoms with van der Waals surface area (Å²) in [7, 11) is 0. The number of hydrogen-bond donors (Lipinski definition) is 0. The molecule has 11 nitrogen and oxygen atoms in total. The highest BCUT2D eigenvalue weighted by atomic mass is 16.6. The van der Waals surface area contributed by atoms with Crippen molar-refractivity contribution < 1.29 is 47.7 Å². The molecule has 46 heavy (non-hydrogen) atoms. The molecule has 0 fully saturated rings. The monoisotopic (exact) mass is 657 g/mol. The minimum Gasteiger partial charge on any atom is -0.466 e. The van der Waals surface area contributed by atoms with Gasteiger partial charge in [-0.1, -0.05) is 90.9 Å². The molecule has 0 atom stereocenters. The van der Waals surface area contributed by atoms with E-state index in [0.29, 0.717) is 12.8 Å². The van der Waals surface area contributed by atoms with E-state index in [1.54, 1.807) is 20.8 Å². The summed E-state index contributed by atoms with van der Waals surface area (Å²) in [4.78, 5) is 61.8. The van der Waals surface area contributed by atoms with Gasteiger partial charge in [0.05, 0.1) is 32.7 Å². The predicted molar refractivity (Wildman–Crippen MR) is 176 cm³/mol. The van der Waals surface area contributed by atoms with E-state index in [1.807, 2.05) is 0 Å². The number of unbranched alkanes of at least 4 members (excludes halogenated alkanes) is 12. The van der Waals surface area contributed by atoms with E-state index in [4.69, 9.17) is 23.7 Å². The van der Waals surface area contributed by atoms with Gasteiger partial charge in [-0.15, -0.1) is 0 Å². The number of ether oxygens (including phenoxy) is 5. The fourth-order valence-electron chi connectivity index (χ4n) is 4.58. The number of esters is 3. The Kier molecular flexibility index (Phi) is 26.6. The standard InChI is InChI=1S/C35H63NO10/c1-6-8-10-12-14-16-18-20-31(38)44-27-30(28-45-32(39)21-19-17-15-13-11-9-7-2)26-33(40)43-25-23-36(22-24-42-29-37)34(41)46-35(3,4)5/h29-30H,6-28H2,1-5H3. The van der Waals surface area contributed by atoms with Crippen molar-refractivity contribution in [2.45, 2.75) is 149 Å². The molecular weight excluding hydrogens is 594 g/mol. The Balaban J connectivity index is 4.87. The first-order valence-corrected chi connectivity index (χ1v) is 17.5. The van der Waals surface area contributed by atoms with Gasteiger partial charge in [-0.25, -0.2) is 4.79 Å². The average molecular weight is 658 g/mol. The molecule has 11 heteroatoms. The highest BCUT2D eigenvalue weighted by molar-refractivity contribution is 5.71. The zero-order chi connectivity index (χ0) is 34.5. The van der Waals surface area contributed by atoms with Crippen LogP contribution in [0.25, 0.3) is 0 Å². The third-order valence-corrected chi connectivity index (χ3v) is 7.21. The molecule has 0 aliphatic carbocycles. The number of carbonyl (C=O) groups excluding carboxylic acids is 5. The van der Waals surface area contributed by atoms with Gasteiger partial charge in [-0.05, 0) is 33.6 Å². The Morgan fingerprint density at radius 3 is 1.54 bits per heavy atom. The van der Waals surface area contributed by atoms with Crippen LogP contribution in [0.5, 0.6) is 0 Å². The Hall–Kier alpha value is -2.85. The maximum absolute atomic E-state index is 12.7. The van der Waals surface area contributed by atoms with E-state index in [9.17, 15) is 24.0 Å². The number of hydrogen-bond acceptors (Lipinski definition) is 10. The van der Waals surface area contributed by atoms with Crippen molar-refractivity contribution in [1.82, 2.24) is 4.90 Å². The second-order valence-electron chi connectivity index (χ2n) is 12.8. The van der Waals surface area contributed by atoms with E-state index >= 15 is 0 Å². The number of carbonyl (C=O) groups is 5. The van der Waals surface area contributed by atoms with E-state index in [1.165, 1.54) is 56.3 Å². The number of amides is 1. The molecule has 0 aromatic carbocycles. The van der Waals surface area contributed by atoms with Crippen molar-refractivity contribution in [3.63, 3.8) is 0 Å². The summed E-state index contributed by atoms with van der Waals surface area (Å²) in [5.74, 6) is -1.82. The Morgan fingerprint density at radius 2 is 1.09 bits per heavy atom. The SMILES string of the molecule is CCCCCCCCCC(=O)OCC(COC(=O)CCCCCCCCC)CC(=O)OCCN(CCOC=O)C(=O)OC(C)(C)C. The third kappa shape index (κ3) is 27.5. The van der Waals surface area contributed by atoms with Crippen LogP contribution < -0.4 is 0 Å². The summed E-state index contributed by atoms with van der Waals surface area (Å²) in [6, 6.07) is 0. The zero-order valence-corrected chi connectivity index (χ0v) is 29.4. The van der Waals surface area contributed by atoms with Crippen LogP contribution in [0.1, 0.15) is 144 Å². The molecule has 0 aromatic heterocycles. The molecule has 0 spiro atoms. The molecule has 0 rings (SSSR count).